The third-order valence-corrected chi connectivity index (χ3v) is 12.5. The van der Waals surface area contributed by atoms with Crippen molar-refractivity contribution in [2.75, 3.05) is 0 Å². The highest BCUT2D eigenvalue weighted by molar-refractivity contribution is 7.27. The van der Waals surface area contributed by atoms with Gasteiger partial charge in [0.25, 0.3) is 0 Å². The van der Waals surface area contributed by atoms with Crippen LogP contribution in [0.4, 0.5) is 0 Å². The lowest BCUT2D eigenvalue weighted by Crippen LogP contribution is -1.89. The van der Waals surface area contributed by atoms with Crippen LogP contribution < -0.4 is 0 Å². The van der Waals surface area contributed by atoms with Crippen LogP contribution in [0.25, 0.3) is 96.0 Å². The quantitative estimate of drug-likeness (QED) is 0.171. The molecule has 0 fully saturated rings. The fraction of sp³-hybridized carbons (Fsp3) is 0. The van der Waals surface area contributed by atoms with Crippen LogP contribution in [0, 0.1) is 0 Å². The van der Waals surface area contributed by atoms with Crippen LogP contribution in [-0.2, 0) is 0 Å². The van der Waals surface area contributed by atoms with Gasteiger partial charge < -0.3 is 0 Å². The summed E-state index contributed by atoms with van der Waals surface area (Å²) in [4.78, 5) is 0. The summed E-state index contributed by atoms with van der Waals surface area (Å²) in [5.74, 6) is 0. The highest BCUT2D eigenvalue weighted by Gasteiger charge is 2.19. The Kier molecular flexibility index (Phi) is 6.97. The van der Waals surface area contributed by atoms with Crippen LogP contribution in [0.15, 0.2) is 182 Å². The molecule has 8 aromatic carbocycles. The summed E-state index contributed by atoms with van der Waals surface area (Å²) in [6.07, 6.45) is 0. The summed E-state index contributed by atoms with van der Waals surface area (Å²) < 4.78 is 5.34. The van der Waals surface area contributed by atoms with Crippen LogP contribution in [0.1, 0.15) is 0 Å². The van der Waals surface area contributed by atoms with E-state index in [-0.39, 0.29) is 0 Å². The first-order valence-corrected chi connectivity index (χ1v) is 18.7. The second-order valence-electron chi connectivity index (χ2n) is 12.8. The van der Waals surface area contributed by atoms with Crippen LogP contribution in [0.3, 0.4) is 0 Å². The monoisotopic (exact) mass is 670 g/mol. The summed E-state index contributed by atoms with van der Waals surface area (Å²) in [5, 5.41) is 5.26. The fourth-order valence-electron chi connectivity index (χ4n) is 7.66. The predicted octanol–water partition coefficient (Wildman–Crippen LogP) is 14.8. The summed E-state index contributed by atoms with van der Waals surface area (Å²) >= 11 is 3.83. The Labute approximate surface area is 299 Å². The maximum Gasteiger partial charge on any atom is 0.0434 e. The molecule has 234 valence electrons. The van der Waals surface area contributed by atoms with Crippen molar-refractivity contribution in [2.45, 2.75) is 0 Å². The van der Waals surface area contributed by atoms with E-state index in [1.807, 2.05) is 22.7 Å². The van der Waals surface area contributed by atoms with E-state index in [0.29, 0.717) is 0 Å². The van der Waals surface area contributed by atoms with Gasteiger partial charge in [0, 0.05) is 51.5 Å². The maximum absolute atomic E-state index is 2.30. The molecule has 0 bridgehead atoms. The first kappa shape index (κ1) is 29.1. The number of hydrogen-bond acceptors (Lipinski definition) is 2. The largest absolute Gasteiger partial charge is 0.134 e. The molecule has 10 aromatic rings. The second-order valence-corrected chi connectivity index (χ2v) is 14.8. The first-order chi connectivity index (χ1) is 24.8. The van der Waals surface area contributed by atoms with Gasteiger partial charge >= 0.3 is 0 Å². The normalized spacial score (nSPS) is 11.6. The topological polar surface area (TPSA) is 0 Å². The van der Waals surface area contributed by atoms with Gasteiger partial charge in [0.15, 0.2) is 0 Å². The molecule has 2 aromatic heterocycles. The third-order valence-electron chi connectivity index (χ3n) is 9.94. The SMILES string of the molecule is c1ccc(-c2cccc3c2sc2c(-c4ccccc4-c4ccccc4-c4cccc5c4sc4c(-c6ccccc6)cccc45)cccc23)cc1. The van der Waals surface area contributed by atoms with Crippen LogP contribution in [-0.4, -0.2) is 0 Å². The van der Waals surface area contributed by atoms with E-state index in [1.165, 1.54) is 96.0 Å². The molecule has 0 aliphatic rings. The zero-order chi connectivity index (χ0) is 33.0. The van der Waals surface area contributed by atoms with Crippen molar-refractivity contribution < 1.29 is 0 Å². The molecule has 50 heavy (non-hydrogen) atoms. The van der Waals surface area contributed by atoms with Gasteiger partial charge in [-0.05, 0) is 44.5 Å². The van der Waals surface area contributed by atoms with Crippen molar-refractivity contribution >= 4 is 63.0 Å². The van der Waals surface area contributed by atoms with Gasteiger partial charge in [0.1, 0.15) is 0 Å². The van der Waals surface area contributed by atoms with Crippen LogP contribution >= 0.6 is 22.7 Å². The molecule has 0 radical (unpaired) electrons. The van der Waals surface area contributed by atoms with Gasteiger partial charge in [0.2, 0.25) is 0 Å². The number of rotatable bonds is 5. The number of hydrogen-bond donors (Lipinski definition) is 0. The van der Waals surface area contributed by atoms with Crippen molar-refractivity contribution in [2.24, 2.45) is 0 Å². The molecule has 2 heteroatoms. The molecule has 0 aliphatic carbocycles. The molecule has 0 saturated carbocycles. The predicted molar refractivity (Wildman–Crippen MR) is 219 cm³/mol. The highest BCUT2D eigenvalue weighted by atomic mass is 32.1. The summed E-state index contributed by atoms with van der Waals surface area (Å²) in [5.41, 5.74) is 12.7. The third kappa shape index (κ3) is 4.64. The van der Waals surface area contributed by atoms with E-state index in [9.17, 15) is 0 Å². The smallest absolute Gasteiger partial charge is 0.0434 e. The van der Waals surface area contributed by atoms with Gasteiger partial charge in [-0.3, -0.25) is 0 Å². The molecule has 0 aliphatic heterocycles. The van der Waals surface area contributed by atoms with Crippen molar-refractivity contribution in [3.8, 4) is 55.6 Å². The molecule has 0 saturated heterocycles. The van der Waals surface area contributed by atoms with Gasteiger partial charge in [-0.15, -0.1) is 22.7 Å². The van der Waals surface area contributed by atoms with Crippen LogP contribution in [0.2, 0.25) is 0 Å². The van der Waals surface area contributed by atoms with E-state index < -0.39 is 0 Å². The Morgan fingerprint density at radius 2 is 0.460 bits per heavy atom. The maximum atomic E-state index is 2.30. The van der Waals surface area contributed by atoms with E-state index >= 15 is 0 Å². The standard InChI is InChI=1S/C48H30S2/c1-3-15-31(16-4-1)33-23-11-27-41-43-29-13-25-39(47(43)49-45(33)41)37-21-9-7-19-35(37)36-20-8-10-22-38(36)40-26-14-30-44-42-28-12-24-34(46(42)50-48(40)44)32-17-5-2-6-18-32/h1-30H. The Morgan fingerprint density at radius 1 is 0.200 bits per heavy atom. The Hall–Kier alpha value is -5.80. The molecular formula is C48H30S2. The highest BCUT2D eigenvalue weighted by Crippen LogP contribution is 2.48. The zero-order valence-corrected chi connectivity index (χ0v) is 28.8. The minimum atomic E-state index is 1.25. The molecule has 0 unspecified atom stereocenters. The lowest BCUT2D eigenvalue weighted by molar-refractivity contribution is 1.59. The van der Waals surface area contributed by atoms with Crippen molar-refractivity contribution in [1.82, 2.24) is 0 Å². The minimum Gasteiger partial charge on any atom is -0.134 e. The Bertz CT molecular complexity index is 2660. The minimum absolute atomic E-state index is 1.25. The lowest BCUT2D eigenvalue weighted by Gasteiger charge is -2.16. The van der Waals surface area contributed by atoms with E-state index in [4.69, 9.17) is 0 Å². The average Bonchev–Trinajstić information content (AvgIpc) is 3.78. The summed E-state index contributed by atoms with van der Waals surface area (Å²) in [6, 6.07) is 66.6. The molecular weight excluding hydrogens is 641 g/mol. The van der Waals surface area contributed by atoms with E-state index in [0.717, 1.165) is 0 Å². The Morgan fingerprint density at radius 3 is 0.820 bits per heavy atom. The lowest BCUT2D eigenvalue weighted by atomic mass is 9.88. The molecule has 0 atom stereocenters. The van der Waals surface area contributed by atoms with Crippen molar-refractivity contribution in [1.29, 1.82) is 0 Å². The molecule has 0 N–H and O–H groups in total. The van der Waals surface area contributed by atoms with Gasteiger partial charge in [-0.25, -0.2) is 0 Å². The number of fused-ring (bicyclic) bond motifs is 6. The average molecular weight is 671 g/mol. The van der Waals surface area contributed by atoms with Gasteiger partial charge in [-0.2, -0.15) is 0 Å². The van der Waals surface area contributed by atoms with Crippen molar-refractivity contribution in [3.63, 3.8) is 0 Å². The molecule has 0 spiro atoms. The molecule has 10 rings (SSSR count). The van der Waals surface area contributed by atoms with E-state index in [2.05, 4.69) is 182 Å². The van der Waals surface area contributed by atoms with Crippen molar-refractivity contribution in [3.05, 3.63) is 182 Å². The van der Waals surface area contributed by atoms with Gasteiger partial charge in [-0.1, -0.05) is 182 Å². The summed E-state index contributed by atoms with van der Waals surface area (Å²) in [6.45, 7) is 0. The zero-order valence-electron chi connectivity index (χ0n) is 27.1. The number of benzene rings is 8. The fourth-order valence-corrected chi connectivity index (χ4v) is 10.4. The molecule has 0 amide bonds. The van der Waals surface area contributed by atoms with Crippen LogP contribution in [0.5, 0.6) is 0 Å². The number of thiophene rings is 2. The second kappa shape index (κ2) is 12.0. The van der Waals surface area contributed by atoms with E-state index in [1.54, 1.807) is 0 Å². The molecule has 0 nitrogen and oxygen atoms in total. The van der Waals surface area contributed by atoms with Gasteiger partial charge in [0.05, 0.1) is 0 Å². The summed E-state index contributed by atoms with van der Waals surface area (Å²) in [7, 11) is 0. The molecule has 2 heterocycles. The Balaban J connectivity index is 1.18. The first-order valence-electron chi connectivity index (χ1n) is 17.0.